The van der Waals surface area contributed by atoms with Gasteiger partial charge in [0.25, 0.3) is 5.91 Å². The van der Waals surface area contributed by atoms with Crippen molar-refractivity contribution in [3.05, 3.63) is 82.6 Å². The van der Waals surface area contributed by atoms with Crippen LogP contribution in [0.3, 0.4) is 0 Å². The lowest BCUT2D eigenvalue weighted by Crippen LogP contribution is -2.40. The molecule has 1 aliphatic heterocycles. The van der Waals surface area contributed by atoms with Crippen molar-refractivity contribution in [2.24, 2.45) is 0 Å². The maximum absolute atomic E-state index is 12.9. The van der Waals surface area contributed by atoms with Crippen LogP contribution in [0.4, 0.5) is 5.69 Å². The minimum Gasteiger partial charge on any atom is -0.375 e. The molecule has 1 aliphatic rings. The van der Waals surface area contributed by atoms with Gasteiger partial charge in [-0.3, -0.25) is 9.59 Å². The number of hydrogen-bond donors (Lipinski definition) is 1. The SMILES string of the molecule is CN1C(=O)C(O)(CC(=O)c2cccc(-n3cccc3)c2)c2cc(Br)ccc21. The summed E-state index contributed by atoms with van der Waals surface area (Å²) in [6.45, 7) is 0. The minimum atomic E-state index is -1.87. The summed E-state index contributed by atoms with van der Waals surface area (Å²) in [6, 6.07) is 16.2. The van der Waals surface area contributed by atoms with Crippen LogP contribution >= 0.6 is 15.9 Å². The number of carbonyl (C=O) groups excluding carboxylic acids is 2. The monoisotopic (exact) mass is 424 g/mol. The Labute approximate surface area is 165 Å². The fourth-order valence-electron chi connectivity index (χ4n) is 3.49. The Morgan fingerprint density at radius 3 is 2.59 bits per heavy atom. The lowest BCUT2D eigenvalue weighted by Gasteiger charge is -2.21. The number of likely N-dealkylation sites (N-methyl/N-ethyl adjacent to an activating group) is 1. The molecule has 0 fully saturated rings. The summed E-state index contributed by atoms with van der Waals surface area (Å²) < 4.78 is 2.64. The molecular formula is C21H17BrN2O3. The molecule has 0 spiro atoms. The Kier molecular flexibility index (Phi) is 4.25. The molecule has 5 nitrogen and oxygen atoms in total. The third-order valence-corrected chi connectivity index (χ3v) is 5.40. The molecular weight excluding hydrogens is 408 g/mol. The molecule has 0 radical (unpaired) electrons. The fourth-order valence-corrected chi connectivity index (χ4v) is 3.85. The maximum Gasteiger partial charge on any atom is 0.263 e. The summed E-state index contributed by atoms with van der Waals surface area (Å²) in [6.07, 6.45) is 3.47. The van der Waals surface area contributed by atoms with E-state index in [0.717, 1.165) is 10.2 Å². The first-order chi connectivity index (χ1) is 12.9. The number of carbonyl (C=O) groups is 2. The molecule has 1 unspecified atom stereocenters. The van der Waals surface area contributed by atoms with Gasteiger partial charge in [0.1, 0.15) is 0 Å². The first-order valence-electron chi connectivity index (χ1n) is 8.47. The van der Waals surface area contributed by atoms with Crippen LogP contribution in [0.2, 0.25) is 0 Å². The zero-order valence-corrected chi connectivity index (χ0v) is 16.2. The smallest absolute Gasteiger partial charge is 0.263 e. The molecule has 136 valence electrons. The van der Waals surface area contributed by atoms with Gasteiger partial charge in [-0.1, -0.05) is 28.1 Å². The standard InChI is InChI=1S/C21H17BrN2O3/c1-23-18-8-7-15(22)12-17(18)21(27,20(23)26)13-19(25)14-5-4-6-16(11-14)24-9-2-3-10-24/h2-12,27H,13H2,1H3. The van der Waals surface area contributed by atoms with E-state index in [1.807, 2.05) is 35.2 Å². The number of benzene rings is 2. The summed E-state index contributed by atoms with van der Waals surface area (Å²) in [4.78, 5) is 27.0. The van der Waals surface area contributed by atoms with Gasteiger partial charge >= 0.3 is 0 Å². The van der Waals surface area contributed by atoms with Crippen LogP contribution in [0, 0.1) is 0 Å². The maximum atomic E-state index is 12.9. The van der Waals surface area contributed by atoms with Gasteiger partial charge in [-0.2, -0.15) is 0 Å². The molecule has 1 amide bonds. The zero-order chi connectivity index (χ0) is 19.2. The van der Waals surface area contributed by atoms with Crippen molar-refractivity contribution in [1.29, 1.82) is 0 Å². The molecule has 1 N–H and O–H groups in total. The second-order valence-corrected chi connectivity index (χ2v) is 7.54. The lowest BCUT2D eigenvalue weighted by atomic mass is 9.88. The largest absolute Gasteiger partial charge is 0.375 e. The molecule has 3 aromatic rings. The van der Waals surface area contributed by atoms with E-state index in [2.05, 4.69) is 15.9 Å². The highest BCUT2D eigenvalue weighted by Crippen LogP contribution is 2.43. The fraction of sp³-hybridized carbons (Fsp3) is 0.143. The van der Waals surface area contributed by atoms with Crippen LogP contribution in [0.1, 0.15) is 22.3 Å². The molecule has 0 aliphatic carbocycles. The van der Waals surface area contributed by atoms with Crippen molar-refractivity contribution in [2.45, 2.75) is 12.0 Å². The molecule has 1 atom stereocenters. The van der Waals surface area contributed by atoms with E-state index in [4.69, 9.17) is 0 Å². The predicted molar refractivity (Wildman–Crippen MR) is 106 cm³/mol. The van der Waals surface area contributed by atoms with Crippen LogP contribution in [0.5, 0.6) is 0 Å². The van der Waals surface area contributed by atoms with E-state index >= 15 is 0 Å². The average molecular weight is 425 g/mol. The van der Waals surface area contributed by atoms with Crippen molar-refractivity contribution >= 4 is 33.3 Å². The number of halogens is 1. The first-order valence-corrected chi connectivity index (χ1v) is 9.26. The van der Waals surface area contributed by atoms with Gasteiger partial charge in [0.2, 0.25) is 0 Å². The highest BCUT2D eigenvalue weighted by molar-refractivity contribution is 9.10. The lowest BCUT2D eigenvalue weighted by molar-refractivity contribution is -0.135. The van der Waals surface area contributed by atoms with Gasteiger partial charge in [0, 0.05) is 40.7 Å². The number of ketones is 1. The van der Waals surface area contributed by atoms with E-state index in [1.54, 1.807) is 43.4 Å². The van der Waals surface area contributed by atoms with Gasteiger partial charge in [-0.25, -0.2) is 0 Å². The Balaban J connectivity index is 1.68. The molecule has 6 heteroatoms. The number of rotatable bonds is 4. The summed E-state index contributed by atoms with van der Waals surface area (Å²) in [7, 11) is 1.60. The Hall–Kier alpha value is -2.70. The normalized spacial score (nSPS) is 18.6. The van der Waals surface area contributed by atoms with Crippen molar-refractivity contribution in [3.8, 4) is 5.69 Å². The molecule has 1 aromatic heterocycles. The van der Waals surface area contributed by atoms with Crippen LogP contribution in [0.15, 0.2) is 71.5 Å². The van der Waals surface area contributed by atoms with Gasteiger partial charge in [-0.05, 0) is 42.5 Å². The number of aromatic nitrogens is 1. The third kappa shape index (κ3) is 2.91. The number of aliphatic hydroxyl groups is 1. The van der Waals surface area contributed by atoms with E-state index < -0.39 is 11.5 Å². The number of fused-ring (bicyclic) bond motifs is 1. The van der Waals surface area contributed by atoms with Crippen molar-refractivity contribution in [1.82, 2.24) is 4.57 Å². The van der Waals surface area contributed by atoms with Crippen molar-refractivity contribution < 1.29 is 14.7 Å². The van der Waals surface area contributed by atoms with Gasteiger partial charge in [-0.15, -0.1) is 0 Å². The summed E-state index contributed by atoms with van der Waals surface area (Å²) in [5, 5.41) is 11.2. The van der Waals surface area contributed by atoms with E-state index in [-0.39, 0.29) is 12.2 Å². The number of nitrogens with zero attached hydrogens (tertiary/aromatic N) is 2. The predicted octanol–water partition coefficient (Wildman–Crippen LogP) is 3.68. The molecule has 2 aromatic carbocycles. The number of hydrogen-bond acceptors (Lipinski definition) is 3. The summed E-state index contributed by atoms with van der Waals surface area (Å²) in [5.74, 6) is -0.786. The second-order valence-electron chi connectivity index (χ2n) is 6.63. The van der Waals surface area contributed by atoms with E-state index in [0.29, 0.717) is 16.8 Å². The molecule has 0 saturated heterocycles. The summed E-state index contributed by atoms with van der Waals surface area (Å²) in [5.41, 5.74) is 0.484. The molecule has 27 heavy (non-hydrogen) atoms. The highest BCUT2D eigenvalue weighted by atomic mass is 79.9. The number of Topliss-reactive ketones (excluding diaryl/α,β-unsaturated/α-hetero) is 1. The quantitative estimate of drug-likeness (QED) is 0.649. The van der Waals surface area contributed by atoms with Crippen LogP contribution in [-0.2, 0) is 10.4 Å². The van der Waals surface area contributed by atoms with E-state index in [9.17, 15) is 14.7 Å². The van der Waals surface area contributed by atoms with Gasteiger partial charge in [0.15, 0.2) is 11.4 Å². The molecule has 0 saturated carbocycles. The Bertz CT molecular complexity index is 1050. The molecule has 2 heterocycles. The Morgan fingerprint density at radius 1 is 1.11 bits per heavy atom. The minimum absolute atomic E-state index is 0.291. The molecule has 0 bridgehead atoms. The van der Waals surface area contributed by atoms with E-state index in [1.165, 1.54) is 4.90 Å². The number of amides is 1. The van der Waals surface area contributed by atoms with Crippen LogP contribution < -0.4 is 4.90 Å². The van der Waals surface area contributed by atoms with Crippen molar-refractivity contribution in [3.63, 3.8) is 0 Å². The van der Waals surface area contributed by atoms with Gasteiger partial charge < -0.3 is 14.6 Å². The average Bonchev–Trinajstić information content (AvgIpc) is 3.26. The molecule has 4 rings (SSSR count). The van der Waals surface area contributed by atoms with Gasteiger partial charge in [0.05, 0.1) is 12.1 Å². The number of anilines is 1. The third-order valence-electron chi connectivity index (χ3n) is 4.91. The van der Waals surface area contributed by atoms with Crippen molar-refractivity contribution in [2.75, 3.05) is 11.9 Å². The summed E-state index contributed by atoms with van der Waals surface area (Å²) >= 11 is 3.37. The zero-order valence-electron chi connectivity index (χ0n) is 14.6. The van der Waals surface area contributed by atoms with Crippen LogP contribution in [-0.4, -0.2) is 28.4 Å². The van der Waals surface area contributed by atoms with Crippen LogP contribution in [0.25, 0.3) is 5.69 Å². The first kappa shape index (κ1) is 17.7. The highest BCUT2D eigenvalue weighted by Gasteiger charge is 2.49. The Morgan fingerprint density at radius 2 is 1.85 bits per heavy atom. The second kappa shape index (κ2) is 6.48. The topological polar surface area (TPSA) is 62.5 Å².